The lowest BCUT2D eigenvalue weighted by Gasteiger charge is -2.28. The Morgan fingerprint density at radius 1 is 1.13 bits per heavy atom. The Morgan fingerprint density at radius 3 is 2.73 bits per heavy atom. The summed E-state index contributed by atoms with van der Waals surface area (Å²) in [6, 6.07) is 11.8. The number of nitrogens with one attached hydrogen (secondary N) is 2. The zero-order valence-corrected chi connectivity index (χ0v) is 17.6. The van der Waals surface area contributed by atoms with Gasteiger partial charge in [-0.15, -0.1) is 0 Å². The monoisotopic (exact) mass is 425 g/mol. The zero-order valence-electron chi connectivity index (χ0n) is 16.8. The van der Waals surface area contributed by atoms with Gasteiger partial charge in [0, 0.05) is 45.8 Å². The maximum atomic E-state index is 13.4. The smallest absolute Gasteiger partial charge is 0.274 e. The number of rotatable bonds is 6. The second kappa shape index (κ2) is 8.85. The largest absolute Gasteiger partial charge is 0.355 e. The standard InChI is InChI=1S/C22H24ClN5O2/c1-15(29)25-10-9-24-12-19-21(26-20-7-6-18(23)14-28(19)20)22(30)27-11-8-16-4-2-3-5-17(16)13-27/h2-7,14,24H,8-13H2,1H3,(H,25,29). The number of fused-ring (bicyclic) bond motifs is 2. The molecule has 30 heavy (non-hydrogen) atoms. The molecule has 1 aliphatic heterocycles. The van der Waals surface area contributed by atoms with Gasteiger partial charge in [0.1, 0.15) is 5.65 Å². The molecule has 0 saturated carbocycles. The minimum atomic E-state index is -0.0806. The second-order valence-corrected chi connectivity index (χ2v) is 7.82. The number of nitrogens with zero attached hydrogens (tertiary/aromatic N) is 3. The maximum absolute atomic E-state index is 13.4. The van der Waals surface area contributed by atoms with E-state index in [1.54, 1.807) is 12.3 Å². The number of hydrogen-bond acceptors (Lipinski definition) is 4. The van der Waals surface area contributed by atoms with Crippen LogP contribution in [0.25, 0.3) is 5.65 Å². The summed E-state index contributed by atoms with van der Waals surface area (Å²) in [6.07, 6.45) is 2.61. The first-order valence-electron chi connectivity index (χ1n) is 10.0. The minimum absolute atomic E-state index is 0.0698. The van der Waals surface area contributed by atoms with Gasteiger partial charge in [0.15, 0.2) is 5.69 Å². The predicted octanol–water partition coefficient (Wildman–Crippen LogP) is 2.41. The van der Waals surface area contributed by atoms with Crippen molar-refractivity contribution >= 4 is 29.1 Å². The molecule has 2 aromatic heterocycles. The van der Waals surface area contributed by atoms with E-state index in [2.05, 4.69) is 27.8 Å². The first-order chi connectivity index (χ1) is 14.5. The topological polar surface area (TPSA) is 78.7 Å². The van der Waals surface area contributed by atoms with Crippen LogP contribution < -0.4 is 10.6 Å². The van der Waals surface area contributed by atoms with Crippen molar-refractivity contribution in [1.82, 2.24) is 24.9 Å². The molecule has 156 valence electrons. The van der Waals surface area contributed by atoms with Crippen molar-refractivity contribution in [3.63, 3.8) is 0 Å². The predicted molar refractivity (Wildman–Crippen MR) is 115 cm³/mol. The fraction of sp³-hybridized carbons (Fsp3) is 0.318. The fourth-order valence-corrected chi connectivity index (χ4v) is 3.92. The van der Waals surface area contributed by atoms with E-state index in [1.165, 1.54) is 18.1 Å². The number of carbonyl (C=O) groups is 2. The molecule has 1 aliphatic rings. The van der Waals surface area contributed by atoms with Crippen molar-refractivity contribution in [1.29, 1.82) is 0 Å². The third-order valence-electron chi connectivity index (χ3n) is 5.27. The molecule has 0 saturated heterocycles. The average Bonchev–Trinajstić information content (AvgIpc) is 3.10. The van der Waals surface area contributed by atoms with E-state index in [0.717, 1.165) is 12.1 Å². The zero-order chi connectivity index (χ0) is 21.1. The first-order valence-corrected chi connectivity index (χ1v) is 10.4. The Morgan fingerprint density at radius 2 is 1.93 bits per heavy atom. The van der Waals surface area contributed by atoms with E-state index >= 15 is 0 Å². The molecule has 3 aromatic rings. The SMILES string of the molecule is CC(=O)NCCNCc1c(C(=O)N2CCc3ccccc3C2)nc2ccc(Cl)cn12. The minimum Gasteiger partial charge on any atom is -0.355 e. The molecule has 0 spiro atoms. The van der Waals surface area contributed by atoms with Crippen molar-refractivity contribution in [3.05, 3.63) is 70.1 Å². The summed E-state index contributed by atoms with van der Waals surface area (Å²) in [5.41, 5.74) is 4.35. The van der Waals surface area contributed by atoms with Crippen LogP contribution in [-0.4, -0.2) is 45.7 Å². The van der Waals surface area contributed by atoms with E-state index in [1.807, 2.05) is 27.5 Å². The Bertz CT molecular complexity index is 1090. The molecule has 7 nitrogen and oxygen atoms in total. The first kappa shape index (κ1) is 20.4. The lowest BCUT2D eigenvalue weighted by Crippen LogP contribution is -2.37. The third-order valence-corrected chi connectivity index (χ3v) is 5.49. The Labute approximate surface area is 180 Å². The van der Waals surface area contributed by atoms with Crippen LogP contribution in [0.3, 0.4) is 0 Å². The van der Waals surface area contributed by atoms with E-state index in [-0.39, 0.29) is 11.8 Å². The number of amides is 2. The third kappa shape index (κ3) is 4.32. The van der Waals surface area contributed by atoms with Crippen LogP contribution >= 0.6 is 11.6 Å². The van der Waals surface area contributed by atoms with Gasteiger partial charge in [-0.3, -0.25) is 9.59 Å². The molecule has 8 heteroatoms. The molecule has 4 rings (SSSR count). The van der Waals surface area contributed by atoms with Gasteiger partial charge < -0.3 is 19.9 Å². The van der Waals surface area contributed by atoms with Gasteiger partial charge in [0.2, 0.25) is 5.91 Å². The van der Waals surface area contributed by atoms with Gasteiger partial charge in [-0.2, -0.15) is 0 Å². The summed E-state index contributed by atoms with van der Waals surface area (Å²) in [4.78, 5) is 30.9. The van der Waals surface area contributed by atoms with Crippen LogP contribution in [0.5, 0.6) is 0 Å². The van der Waals surface area contributed by atoms with Crippen molar-refractivity contribution in [2.75, 3.05) is 19.6 Å². The number of carbonyl (C=O) groups excluding carboxylic acids is 2. The van der Waals surface area contributed by atoms with Crippen molar-refractivity contribution in [3.8, 4) is 0 Å². The van der Waals surface area contributed by atoms with Gasteiger partial charge in [-0.1, -0.05) is 35.9 Å². The maximum Gasteiger partial charge on any atom is 0.274 e. The van der Waals surface area contributed by atoms with Crippen LogP contribution in [0, 0.1) is 0 Å². The molecule has 0 aliphatic carbocycles. The molecule has 0 unspecified atom stereocenters. The number of aromatic nitrogens is 2. The number of pyridine rings is 1. The highest BCUT2D eigenvalue weighted by molar-refractivity contribution is 6.30. The number of imidazole rings is 1. The molecule has 0 bridgehead atoms. The Balaban J connectivity index is 1.58. The summed E-state index contributed by atoms with van der Waals surface area (Å²) in [7, 11) is 0. The summed E-state index contributed by atoms with van der Waals surface area (Å²) >= 11 is 6.19. The lowest BCUT2D eigenvalue weighted by molar-refractivity contribution is -0.118. The molecule has 2 N–H and O–H groups in total. The van der Waals surface area contributed by atoms with Crippen molar-refractivity contribution < 1.29 is 9.59 Å². The molecule has 0 radical (unpaired) electrons. The molecular weight excluding hydrogens is 402 g/mol. The lowest BCUT2D eigenvalue weighted by atomic mass is 9.99. The van der Waals surface area contributed by atoms with Crippen molar-refractivity contribution in [2.24, 2.45) is 0 Å². The van der Waals surface area contributed by atoms with E-state index < -0.39 is 0 Å². The highest BCUT2D eigenvalue weighted by atomic mass is 35.5. The summed E-state index contributed by atoms with van der Waals surface area (Å²) in [5.74, 6) is -0.150. The van der Waals surface area contributed by atoms with Crippen LogP contribution in [0.1, 0.15) is 34.2 Å². The van der Waals surface area contributed by atoms with Crippen LogP contribution in [-0.2, 0) is 24.3 Å². The van der Waals surface area contributed by atoms with Crippen LogP contribution in [0.2, 0.25) is 5.02 Å². The molecule has 1 aromatic carbocycles. The quantitative estimate of drug-likeness (QED) is 0.594. The summed E-state index contributed by atoms with van der Waals surface area (Å²) < 4.78 is 1.86. The van der Waals surface area contributed by atoms with Gasteiger partial charge in [-0.05, 0) is 29.7 Å². The Kier molecular flexibility index (Phi) is 6.01. The summed E-state index contributed by atoms with van der Waals surface area (Å²) in [5, 5.41) is 6.60. The molecule has 2 amide bonds. The van der Waals surface area contributed by atoms with Gasteiger partial charge >= 0.3 is 0 Å². The van der Waals surface area contributed by atoms with E-state index in [0.29, 0.717) is 49.1 Å². The highest BCUT2D eigenvalue weighted by Crippen LogP contribution is 2.23. The van der Waals surface area contributed by atoms with Crippen molar-refractivity contribution in [2.45, 2.75) is 26.4 Å². The normalized spacial score (nSPS) is 13.3. The van der Waals surface area contributed by atoms with Crippen LogP contribution in [0.15, 0.2) is 42.6 Å². The average molecular weight is 426 g/mol. The fourth-order valence-electron chi connectivity index (χ4n) is 3.76. The van der Waals surface area contributed by atoms with E-state index in [4.69, 9.17) is 11.6 Å². The number of hydrogen-bond donors (Lipinski definition) is 2. The molecular formula is C22H24ClN5O2. The molecule has 0 atom stereocenters. The highest BCUT2D eigenvalue weighted by Gasteiger charge is 2.26. The Hall–Kier alpha value is -2.90. The van der Waals surface area contributed by atoms with Crippen LogP contribution in [0.4, 0.5) is 0 Å². The van der Waals surface area contributed by atoms with E-state index in [9.17, 15) is 9.59 Å². The van der Waals surface area contributed by atoms with Gasteiger partial charge in [0.25, 0.3) is 5.91 Å². The van der Waals surface area contributed by atoms with Gasteiger partial charge in [-0.25, -0.2) is 4.98 Å². The molecule has 0 fully saturated rings. The summed E-state index contributed by atoms with van der Waals surface area (Å²) in [6.45, 7) is 4.27. The van der Waals surface area contributed by atoms with Gasteiger partial charge in [0.05, 0.1) is 10.7 Å². The number of benzene rings is 1. The number of halogens is 1. The second-order valence-electron chi connectivity index (χ2n) is 7.39. The molecule has 3 heterocycles.